The molecule has 1 aliphatic heterocycles. The predicted octanol–water partition coefficient (Wildman–Crippen LogP) is 2.19. The quantitative estimate of drug-likeness (QED) is 0.408. The number of benzene rings is 2. The Balaban J connectivity index is 1.49. The lowest BCUT2D eigenvalue weighted by Gasteiger charge is -2.19. The molecule has 0 saturated carbocycles. The number of anilines is 1. The molecule has 0 radical (unpaired) electrons. The lowest BCUT2D eigenvalue weighted by molar-refractivity contribution is -0.151. The SMILES string of the molecule is COc1cccc(OC)c1C(=O)NN1C[C@@H](C(=O)OCC(=O)Nc2ccc(C(=O)OCC(C)C)cc2)CC1=O. The maximum absolute atomic E-state index is 12.8. The van der Waals surface area contributed by atoms with Gasteiger partial charge in [0, 0.05) is 12.1 Å². The highest BCUT2D eigenvalue weighted by Gasteiger charge is 2.37. The van der Waals surface area contributed by atoms with Gasteiger partial charge in [-0.25, -0.2) is 4.79 Å². The zero-order chi connectivity index (χ0) is 28.5. The second-order valence-corrected chi connectivity index (χ2v) is 9.11. The molecule has 2 N–H and O–H groups in total. The second kappa shape index (κ2) is 13.3. The van der Waals surface area contributed by atoms with Crippen LogP contribution in [0, 0.1) is 11.8 Å². The maximum Gasteiger partial charge on any atom is 0.338 e. The Morgan fingerprint density at radius 3 is 2.21 bits per heavy atom. The number of methoxy groups -OCH3 is 2. The van der Waals surface area contributed by atoms with Gasteiger partial charge in [0.1, 0.15) is 17.1 Å². The Morgan fingerprint density at radius 2 is 1.62 bits per heavy atom. The number of hydrazine groups is 1. The van der Waals surface area contributed by atoms with E-state index < -0.39 is 42.2 Å². The van der Waals surface area contributed by atoms with Crippen LogP contribution in [0.4, 0.5) is 5.69 Å². The van der Waals surface area contributed by atoms with Crippen LogP contribution in [-0.2, 0) is 23.9 Å². The van der Waals surface area contributed by atoms with Gasteiger partial charge in [-0.2, -0.15) is 0 Å². The molecule has 39 heavy (non-hydrogen) atoms. The average Bonchev–Trinajstić information content (AvgIpc) is 3.29. The molecule has 2 aromatic rings. The van der Waals surface area contributed by atoms with Gasteiger partial charge in [-0.3, -0.25) is 29.6 Å². The first kappa shape index (κ1) is 29.0. The van der Waals surface area contributed by atoms with Crippen LogP contribution in [0.2, 0.25) is 0 Å². The summed E-state index contributed by atoms with van der Waals surface area (Å²) in [5, 5.41) is 3.58. The molecule has 1 saturated heterocycles. The molecule has 0 spiro atoms. The third kappa shape index (κ3) is 7.69. The maximum atomic E-state index is 12.8. The molecule has 12 heteroatoms. The third-order valence-corrected chi connectivity index (χ3v) is 5.65. The minimum atomic E-state index is -0.874. The third-order valence-electron chi connectivity index (χ3n) is 5.65. The highest BCUT2D eigenvalue weighted by atomic mass is 16.5. The lowest BCUT2D eigenvalue weighted by atomic mass is 10.1. The van der Waals surface area contributed by atoms with Gasteiger partial charge in [-0.15, -0.1) is 0 Å². The van der Waals surface area contributed by atoms with Gasteiger partial charge in [0.15, 0.2) is 6.61 Å². The first-order valence-corrected chi connectivity index (χ1v) is 12.2. The molecule has 1 aliphatic rings. The molecule has 0 bridgehead atoms. The van der Waals surface area contributed by atoms with E-state index in [1.54, 1.807) is 18.2 Å². The first-order chi connectivity index (χ1) is 18.6. The number of hydrogen-bond donors (Lipinski definition) is 2. The summed E-state index contributed by atoms with van der Waals surface area (Å²) in [4.78, 5) is 62.0. The molecular formula is C27H31N3O9. The van der Waals surface area contributed by atoms with Gasteiger partial charge < -0.3 is 24.3 Å². The molecule has 208 valence electrons. The van der Waals surface area contributed by atoms with Crippen molar-refractivity contribution in [2.24, 2.45) is 11.8 Å². The van der Waals surface area contributed by atoms with Crippen LogP contribution in [0.5, 0.6) is 11.5 Å². The van der Waals surface area contributed by atoms with Crippen LogP contribution in [-0.4, -0.2) is 68.6 Å². The highest BCUT2D eigenvalue weighted by molar-refractivity contribution is 6.01. The second-order valence-electron chi connectivity index (χ2n) is 9.11. The van der Waals surface area contributed by atoms with Crippen LogP contribution in [0.1, 0.15) is 41.0 Å². The van der Waals surface area contributed by atoms with E-state index in [9.17, 15) is 24.0 Å². The standard InChI is InChI=1S/C27H31N3O9/c1-16(2)14-38-26(34)17-8-10-19(11-9-17)28-22(31)15-39-27(35)18-12-23(32)30(13-18)29-25(33)24-20(36-3)6-5-7-21(24)37-4/h5-11,16,18H,12-15H2,1-4H3,(H,28,31)(H,29,33)/t18-/m0/s1. The van der Waals surface area contributed by atoms with Gasteiger partial charge in [0.25, 0.3) is 11.8 Å². The van der Waals surface area contributed by atoms with Gasteiger partial charge in [0.2, 0.25) is 5.91 Å². The summed E-state index contributed by atoms with van der Waals surface area (Å²) in [7, 11) is 2.79. The van der Waals surface area contributed by atoms with Crippen molar-refractivity contribution in [2.75, 3.05) is 39.3 Å². The Kier molecular flexibility index (Phi) is 9.85. The zero-order valence-electron chi connectivity index (χ0n) is 22.1. The fourth-order valence-corrected chi connectivity index (χ4v) is 3.69. The molecular weight excluding hydrogens is 510 g/mol. The van der Waals surface area contributed by atoms with Crippen molar-refractivity contribution >= 4 is 35.3 Å². The molecule has 1 fully saturated rings. The van der Waals surface area contributed by atoms with Gasteiger partial charge in [-0.05, 0) is 42.3 Å². The summed E-state index contributed by atoms with van der Waals surface area (Å²) >= 11 is 0. The van der Waals surface area contributed by atoms with Crippen LogP contribution in [0.3, 0.4) is 0 Å². The summed E-state index contributed by atoms with van der Waals surface area (Å²) in [6, 6.07) is 10.9. The van der Waals surface area contributed by atoms with Crippen LogP contribution in [0.25, 0.3) is 0 Å². The summed E-state index contributed by atoms with van der Waals surface area (Å²) in [5.74, 6) is -3.12. The van der Waals surface area contributed by atoms with Crippen molar-refractivity contribution in [3.05, 3.63) is 53.6 Å². The van der Waals surface area contributed by atoms with Crippen molar-refractivity contribution in [1.82, 2.24) is 10.4 Å². The first-order valence-electron chi connectivity index (χ1n) is 12.2. The number of hydrogen-bond acceptors (Lipinski definition) is 9. The van der Waals surface area contributed by atoms with Crippen LogP contribution < -0.4 is 20.2 Å². The predicted molar refractivity (Wildman–Crippen MR) is 138 cm³/mol. The molecule has 12 nitrogen and oxygen atoms in total. The number of ether oxygens (including phenoxy) is 4. The van der Waals surface area contributed by atoms with E-state index in [4.69, 9.17) is 18.9 Å². The number of nitrogens with zero attached hydrogens (tertiary/aromatic N) is 1. The van der Waals surface area contributed by atoms with Crippen molar-refractivity contribution in [2.45, 2.75) is 20.3 Å². The lowest BCUT2D eigenvalue weighted by Crippen LogP contribution is -2.43. The topological polar surface area (TPSA) is 150 Å². The van der Waals surface area contributed by atoms with Crippen molar-refractivity contribution < 1.29 is 42.9 Å². The van der Waals surface area contributed by atoms with E-state index in [0.29, 0.717) is 17.9 Å². The number of rotatable bonds is 11. The van der Waals surface area contributed by atoms with Gasteiger partial charge >= 0.3 is 11.9 Å². The number of carbonyl (C=O) groups is 5. The number of esters is 2. The van der Waals surface area contributed by atoms with E-state index in [1.807, 2.05) is 13.8 Å². The van der Waals surface area contributed by atoms with E-state index in [2.05, 4.69) is 10.7 Å². The number of carbonyl (C=O) groups excluding carboxylic acids is 5. The van der Waals surface area contributed by atoms with Crippen molar-refractivity contribution in [1.29, 1.82) is 0 Å². The monoisotopic (exact) mass is 541 g/mol. The molecule has 0 aromatic heterocycles. The number of amides is 3. The van der Waals surface area contributed by atoms with E-state index in [0.717, 1.165) is 5.01 Å². The number of nitrogens with one attached hydrogen (secondary N) is 2. The fourth-order valence-electron chi connectivity index (χ4n) is 3.69. The zero-order valence-corrected chi connectivity index (χ0v) is 22.1. The van der Waals surface area contributed by atoms with Gasteiger partial charge in [0.05, 0.1) is 38.9 Å². The summed E-state index contributed by atoms with van der Waals surface area (Å²) < 4.78 is 20.7. The minimum absolute atomic E-state index is 0.0958. The average molecular weight is 542 g/mol. The van der Waals surface area contributed by atoms with Crippen LogP contribution >= 0.6 is 0 Å². The Hall–Kier alpha value is -4.61. The molecule has 0 unspecified atom stereocenters. The Labute approximate surface area is 225 Å². The molecule has 1 heterocycles. The Bertz CT molecular complexity index is 1210. The fraction of sp³-hybridized carbons (Fsp3) is 0.370. The molecule has 3 amide bonds. The van der Waals surface area contributed by atoms with Crippen LogP contribution in [0.15, 0.2) is 42.5 Å². The minimum Gasteiger partial charge on any atom is -0.496 e. The summed E-state index contributed by atoms with van der Waals surface area (Å²) in [6.07, 6.45) is -0.196. The molecule has 1 atom stereocenters. The smallest absolute Gasteiger partial charge is 0.338 e. The largest absolute Gasteiger partial charge is 0.496 e. The summed E-state index contributed by atoms with van der Waals surface area (Å²) in [5.41, 5.74) is 3.30. The molecule has 0 aliphatic carbocycles. The molecule has 3 rings (SSSR count). The van der Waals surface area contributed by atoms with E-state index >= 15 is 0 Å². The molecule has 2 aromatic carbocycles. The van der Waals surface area contributed by atoms with Gasteiger partial charge in [-0.1, -0.05) is 19.9 Å². The van der Waals surface area contributed by atoms with Crippen molar-refractivity contribution in [3.63, 3.8) is 0 Å². The normalized spacial score (nSPS) is 14.5. The Morgan fingerprint density at radius 1 is 0.974 bits per heavy atom. The summed E-state index contributed by atoms with van der Waals surface area (Å²) in [6.45, 7) is 3.45. The van der Waals surface area contributed by atoms with E-state index in [1.165, 1.54) is 38.5 Å². The highest BCUT2D eigenvalue weighted by Crippen LogP contribution is 2.28. The van der Waals surface area contributed by atoms with Crippen molar-refractivity contribution in [3.8, 4) is 11.5 Å². The van der Waals surface area contributed by atoms with E-state index in [-0.39, 0.29) is 35.9 Å².